The lowest BCUT2D eigenvalue weighted by Crippen LogP contribution is -2.31. The van der Waals surface area contributed by atoms with Crippen LogP contribution in [0.2, 0.25) is 0 Å². The van der Waals surface area contributed by atoms with Gasteiger partial charge in [-0.1, -0.05) is 28.1 Å². The quantitative estimate of drug-likeness (QED) is 0.434. The van der Waals surface area contributed by atoms with E-state index in [-0.39, 0.29) is 23.5 Å². The number of sulfonamides is 1. The zero-order chi connectivity index (χ0) is 23.1. The number of benzene rings is 3. The van der Waals surface area contributed by atoms with E-state index in [4.69, 9.17) is 9.47 Å². The molecule has 0 radical (unpaired) electrons. The molecule has 0 aliphatic carbocycles. The van der Waals surface area contributed by atoms with Crippen molar-refractivity contribution in [1.82, 2.24) is 5.32 Å². The van der Waals surface area contributed by atoms with E-state index in [9.17, 15) is 13.2 Å². The molecule has 0 aliphatic heterocycles. The molecule has 7 nitrogen and oxygen atoms in total. The Morgan fingerprint density at radius 3 is 2.12 bits per heavy atom. The number of hydrogen-bond acceptors (Lipinski definition) is 5. The number of nitrogens with one attached hydrogen (secondary N) is 2. The van der Waals surface area contributed by atoms with Crippen LogP contribution in [-0.4, -0.2) is 28.0 Å². The van der Waals surface area contributed by atoms with Crippen molar-refractivity contribution >= 4 is 37.5 Å². The van der Waals surface area contributed by atoms with E-state index in [1.165, 1.54) is 24.3 Å². The summed E-state index contributed by atoms with van der Waals surface area (Å²) in [5, 5.41) is 2.86. The number of carbonyl (C=O) groups excluding carboxylic acids is 1. The van der Waals surface area contributed by atoms with Gasteiger partial charge in [0.25, 0.3) is 15.9 Å². The lowest BCUT2D eigenvalue weighted by atomic mass is 10.1. The Morgan fingerprint density at radius 2 is 1.53 bits per heavy atom. The first kappa shape index (κ1) is 23.6. The van der Waals surface area contributed by atoms with E-state index in [1.54, 1.807) is 31.4 Å². The highest BCUT2D eigenvalue weighted by Crippen LogP contribution is 2.21. The molecule has 0 heterocycles. The molecule has 0 saturated carbocycles. The maximum atomic E-state index is 12.5. The number of rotatable bonds is 9. The van der Waals surface area contributed by atoms with Gasteiger partial charge in [0.15, 0.2) is 6.61 Å². The van der Waals surface area contributed by atoms with Crippen LogP contribution in [0.3, 0.4) is 0 Å². The molecule has 1 amide bonds. The number of ether oxygens (including phenoxy) is 2. The number of halogens is 1. The van der Waals surface area contributed by atoms with Crippen LogP contribution in [0.25, 0.3) is 0 Å². The van der Waals surface area contributed by atoms with Crippen LogP contribution in [0.1, 0.15) is 18.5 Å². The van der Waals surface area contributed by atoms with E-state index in [0.717, 1.165) is 15.8 Å². The molecular weight excluding hydrogens is 496 g/mol. The molecule has 168 valence electrons. The summed E-state index contributed by atoms with van der Waals surface area (Å²) in [6, 6.07) is 19.9. The highest BCUT2D eigenvalue weighted by molar-refractivity contribution is 9.10. The molecular formula is C23H23BrN2O5S. The largest absolute Gasteiger partial charge is 0.497 e. The van der Waals surface area contributed by atoms with Gasteiger partial charge in [-0.05, 0) is 73.2 Å². The lowest BCUT2D eigenvalue weighted by Gasteiger charge is -2.15. The first-order valence-corrected chi connectivity index (χ1v) is 12.0. The molecule has 1 atom stereocenters. The van der Waals surface area contributed by atoms with E-state index in [1.807, 2.05) is 31.2 Å². The minimum Gasteiger partial charge on any atom is -0.497 e. The molecule has 0 aliphatic rings. The molecule has 2 N–H and O–H groups in total. The zero-order valence-electron chi connectivity index (χ0n) is 17.5. The van der Waals surface area contributed by atoms with Gasteiger partial charge in [-0.25, -0.2) is 8.42 Å². The van der Waals surface area contributed by atoms with Crippen LogP contribution in [0.5, 0.6) is 11.5 Å². The van der Waals surface area contributed by atoms with Crippen molar-refractivity contribution in [2.24, 2.45) is 0 Å². The van der Waals surface area contributed by atoms with E-state index in [0.29, 0.717) is 11.4 Å². The van der Waals surface area contributed by atoms with Gasteiger partial charge < -0.3 is 14.8 Å². The van der Waals surface area contributed by atoms with Crippen molar-refractivity contribution in [3.63, 3.8) is 0 Å². The SMILES string of the molecule is COc1ccc(C(C)NC(=O)COc2ccc(S(=O)(=O)Nc3ccc(Br)cc3)cc2)cc1. The zero-order valence-corrected chi connectivity index (χ0v) is 19.9. The molecule has 3 rings (SSSR count). The Hall–Kier alpha value is -3.04. The average molecular weight is 519 g/mol. The number of amides is 1. The number of carbonyl (C=O) groups is 1. The Kier molecular flexibility index (Phi) is 7.76. The van der Waals surface area contributed by atoms with Crippen molar-refractivity contribution in [3.05, 3.63) is 82.8 Å². The van der Waals surface area contributed by atoms with Crippen LogP contribution >= 0.6 is 15.9 Å². The molecule has 3 aromatic rings. The number of anilines is 1. The smallest absolute Gasteiger partial charge is 0.261 e. The third kappa shape index (κ3) is 6.48. The highest BCUT2D eigenvalue weighted by atomic mass is 79.9. The Bertz CT molecular complexity index is 1150. The third-order valence-electron chi connectivity index (χ3n) is 4.59. The maximum absolute atomic E-state index is 12.5. The predicted molar refractivity (Wildman–Crippen MR) is 126 cm³/mol. The van der Waals surface area contributed by atoms with Crippen molar-refractivity contribution in [2.45, 2.75) is 17.9 Å². The Labute approximate surface area is 195 Å². The average Bonchev–Trinajstić information content (AvgIpc) is 2.79. The van der Waals surface area contributed by atoms with Gasteiger partial charge >= 0.3 is 0 Å². The van der Waals surface area contributed by atoms with Crippen molar-refractivity contribution in [3.8, 4) is 11.5 Å². The number of methoxy groups -OCH3 is 1. The fourth-order valence-electron chi connectivity index (χ4n) is 2.85. The summed E-state index contributed by atoms with van der Waals surface area (Å²) in [6.45, 7) is 1.68. The molecule has 3 aromatic carbocycles. The minimum absolute atomic E-state index is 0.0883. The van der Waals surface area contributed by atoms with Crippen LogP contribution in [0, 0.1) is 0 Å². The van der Waals surface area contributed by atoms with E-state index >= 15 is 0 Å². The highest BCUT2D eigenvalue weighted by Gasteiger charge is 2.15. The van der Waals surface area contributed by atoms with Crippen LogP contribution in [0.4, 0.5) is 5.69 Å². The second-order valence-electron chi connectivity index (χ2n) is 6.93. The third-order valence-corrected chi connectivity index (χ3v) is 6.52. The topological polar surface area (TPSA) is 93.7 Å². The van der Waals surface area contributed by atoms with Crippen molar-refractivity contribution in [2.75, 3.05) is 18.4 Å². The molecule has 0 aromatic heterocycles. The Morgan fingerprint density at radius 1 is 0.938 bits per heavy atom. The van der Waals surface area contributed by atoms with Gasteiger partial charge in [0.2, 0.25) is 0 Å². The maximum Gasteiger partial charge on any atom is 0.261 e. The summed E-state index contributed by atoms with van der Waals surface area (Å²) in [7, 11) is -2.14. The van der Waals surface area contributed by atoms with Crippen molar-refractivity contribution in [1.29, 1.82) is 0 Å². The van der Waals surface area contributed by atoms with Gasteiger partial charge in [-0.3, -0.25) is 9.52 Å². The van der Waals surface area contributed by atoms with Crippen molar-refractivity contribution < 1.29 is 22.7 Å². The van der Waals surface area contributed by atoms with Gasteiger partial charge in [0.05, 0.1) is 18.0 Å². The first-order valence-electron chi connectivity index (χ1n) is 9.71. The van der Waals surface area contributed by atoms with Crippen LogP contribution < -0.4 is 19.5 Å². The summed E-state index contributed by atoms with van der Waals surface area (Å²) in [4.78, 5) is 12.3. The molecule has 0 spiro atoms. The minimum atomic E-state index is -3.73. The van der Waals surface area contributed by atoms with E-state index in [2.05, 4.69) is 26.0 Å². The molecule has 9 heteroatoms. The predicted octanol–water partition coefficient (Wildman–Crippen LogP) is 4.51. The second kappa shape index (κ2) is 10.5. The first-order chi connectivity index (χ1) is 15.3. The lowest BCUT2D eigenvalue weighted by molar-refractivity contribution is -0.123. The summed E-state index contributed by atoms with van der Waals surface area (Å²) in [5.74, 6) is 0.842. The van der Waals surface area contributed by atoms with Gasteiger partial charge in [-0.15, -0.1) is 0 Å². The summed E-state index contributed by atoms with van der Waals surface area (Å²) in [6.07, 6.45) is 0. The molecule has 32 heavy (non-hydrogen) atoms. The second-order valence-corrected chi connectivity index (χ2v) is 9.53. The molecule has 0 saturated heterocycles. The van der Waals surface area contributed by atoms with Crippen LogP contribution in [-0.2, 0) is 14.8 Å². The van der Waals surface area contributed by atoms with Gasteiger partial charge in [0, 0.05) is 10.2 Å². The van der Waals surface area contributed by atoms with Gasteiger partial charge in [0.1, 0.15) is 11.5 Å². The monoisotopic (exact) mass is 518 g/mol. The molecule has 0 bridgehead atoms. The fourth-order valence-corrected chi connectivity index (χ4v) is 4.18. The Balaban J connectivity index is 1.53. The normalized spacial score (nSPS) is 12.0. The molecule has 0 fully saturated rings. The molecule has 1 unspecified atom stereocenters. The van der Waals surface area contributed by atoms with E-state index < -0.39 is 10.0 Å². The standard InChI is InChI=1S/C23H23BrN2O5S/c1-16(17-3-9-20(30-2)10-4-17)25-23(27)15-31-21-11-13-22(14-12-21)32(28,29)26-19-7-5-18(24)6-8-19/h3-14,16,26H,15H2,1-2H3,(H,25,27). The van der Waals surface area contributed by atoms with Gasteiger partial charge in [-0.2, -0.15) is 0 Å². The van der Waals surface area contributed by atoms with Crippen LogP contribution in [0.15, 0.2) is 82.2 Å². The number of hydrogen-bond donors (Lipinski definition) is 2. The fraction of sp³-hybridized carbons (Fsp3) is 0.174. The summed E-state index contributed by atoms with van der Waals surface area (Å²) >= 11 is 3.31. The summed E-state index contributed by atoms with van der Waals surface area (Å²) in [5.41, 5.74) is 1.39. The summed E-state index contributed by atoms with van der Waals surface area (Å²) < 4.78 is 39.0.